The number of nitrogens with zero attached hydrogens (tertiary/aromatic N) is 2. The van der Waals surface area contributed by atoms with Crippen LogP contribution in [-0.2, 0) is 6.42 Å². The Morgan fingerprint density at radius 1 is 1.00 bits per heavy atom. The van der Waals surface area contributed by atoms with Gasteiger partial charge in [0.1, 0.15) is 11.9 Å². The van der Waals surface area contributed by atoms with Crippen molar-refractivity contribution in [3.8, 4) is 0 Å². The molecular formula is C24H29N3. The largest absolute Gasteiger partial charge is 0.365 e. The van der Waals surface area contributed by atoms with Crippen LogP contribution in [0.4, 0.5) is 5.82 Å². The normalized spacial score (nSPS) is 11.6. The lowest BCUT2D eigenvalue weighted by Crippen LogP contribution is -2.29. The fraction of sp³-hybridized carbons (Fsp3) is 0.292. The lowest BCUT2D eigenvalue weighted by atomic mass is 9.98. The minimum absolute atomic E-state index is 0.00881. The van der Waals surface area contributed by atoms with E-state index in [1.165, 1.54) is 16.7 Å². The van der Waals surface area contributed by atoms with Gasteiger partial charge >= 0.3 is 0 Å². The van der Waals surface area contributed by atoms with Crippen LogP contribution >= 0.6 is 0 Å². The summed E-state index contributed by atoms with van der Waals surface area (Å²) in [6.07, 6.45) is 2.74. The minimum atomic E-state index is -0.0714. The molecule has 0 aliphatic rings. The summed E-state index contributed by atoms with van der Waals surface area (Å²) in [5.41, 5.74) is 4.61. The molecule has 0 saturated carbocycles. The summed E-state index contributed by atoms with van der Waals surface area (Å²) in [5.74, 6) is 1.07. The van der Waals surface area contributed by atoms with Gasteiger partial charge in [0.25, 0.3) is 0 Å². The first-order chi connectivity index (χ1) is 12.9. The summed E-state index contributed by atoms with van der Waals surface area (Å²) in [7, 11) is 0. The van der Waals surface area contributed by atoms with Crippen molar-refractivity contribution in [2.75, 3.05) is 5.32 Å². The molecule has 1 heterocycles. The zero-order valence-electron chi connectivity index (χ0n) is 16.7. The van der Waals surface area contributed by atoms with E-state index in [-0.39, 0.29) is 11.6 Å². The molecule has 1 aromatic heterocycles. The Kier molecular flexibility index (Phi) is 5.50. The summed E-state index contributed by atoms with van der Waals surface area (Å²) in [5, 5.41) is 8.67. The van der Waals surface area contributed by atoms with Crippen molar-refractivity contribution in [1.82, 2.24) is 9.78 Å². The first-order valence-corrected chi connectivity index (χ1v) is 9.47. The average Bonchev–Trinajstić information content (AvgIpc) is 2.92. The summed E-state index contributed by atoms with van der Waals surface area (Å²) in [4.78, 5) is 0. The van der Waals surface area contributed by atoms with Crippen LogP contribution in [0.3, 0.4) is 0 Å². The number of hydrogen-bond acceptors (Lipinski definition) is 2. The molecule has 27 heavy (non-hydrogen) atoms. The molecule has 3 aromatic rings. The zero-order valence-corrected chi connectivity index (χ0v) is 16.7. The Morgan fingerprint density at radius 2 is 1.52 bits per heavy atom. The highest BCUT2D eigenvalue weighted by Gasteiger charge is 2.26. The van der Waals surface area contributed by atoms with Gasteiger partial charge in [-0.15, -0.1) is 6.58 Å². The van der Waals surface area contributed by atoms with Crippen molar-refractivity contribution in [1.29, 1.82) is 0 Å². The van der Waals surface area contributed by atoms with Gasteiger partial charge in [-0.2, -0.15) is 5.10 Å². The molecule has 0 unspecified atom stereocenters. The fourth-order valence-electron chi connectivity index (χ4n) is 3.39. The maximum atomic E-state index is 4.97. The topological polar surface area (TPSA) is 29.9 Å². The second kappa shape index (κ2) is 7.83. The van der Waals surface area contributed by atoms with E-state index in [1.807, 2.05) is 6.08 Å². The molecule has 0 bridgehead atoms. The Hall–Kier alpha value is -2.81. The monoisotopic (exact) mass is 359 g/mol. The molecular weight excluding hydrogens is 330 g/mol. The van der Waals surface area contributed by atoms with Crippen LogP contribution < -0.4 is 5.32 Å². The number of aromatic nitrogens is 2. The van der Waals surface area contributed by atoms with Crippen molar-refractivity contribution in [3.63, 3.8) is 0 Å². The molecule has 0 amide bonds. The highest BCUT2D eigenvalue weighted by Crippen LogP contribution is 2.33. The molecule has 0 fully saturated rings. The number of nitrogens with one attached hydrogen (secondary N) is 1. The number of hydrogen-bond donors (Lipinski definition) is 1. The van der Waals surface area contributed by atoms with Gasteiger partial charge in [-0.05, 0) is 45.2 Å². The number of rotatable bonds is 6. The van der Waals surface area contributed by atoms with Gasteiger partial charge in [0.2, 0.25) is 0 Å². The number of aryl methyl sites for hydroxylation is 1. The van der Waals surface area contributed by atoms with E-state index in [0.29, 0.717) is 0 Å². The Bertz CT molecular complexity index is 847. The quantitative estimate of drug-likeness (QED) is 0.566. The highest BCUT2D eigenvalue weighted by atomic mass is 15.4. The van der Waals surface area contributed by atoms with Crippen LogP contribution in [0.15, 0.2) is 73.3 Å². The van der Waals surface area contributed by atoms with Crippen molar-refractivity contribution >= 4 is 5.82 Å². The van der Waals surface area contributed by atoms with Crippen molar-refractivity contribution in [2.45, 2.75) is 45.7 Å². The minimum Gasteiger partial charge on any atom is -0.365 e. The van der Waals surface area contributed by atoms with E-state index < -0.39 is 0 Å². The van der Waals surface area contributed by atoms with Gasteiger partial charge in [0, 0.05) is 11.1 Å². The molecule has 1 N–H and O–H groups in total. The Balaban J connectivity index is 2.23. The first kappa shape index (κ1) is 19.0. The SMILES string of the molecule is C=CCc1c(C)nn(C(c2ccccc2)c2ccccc2)c1NC(C)(C)C. The fourth-order valence-corrected chi connectivity index (χ4v) is 3.39. The Morgan fingerprint density at radius 3 is 1.96 bits per heavy atom. The van der Waals surface area contributed by atoms with E-state index in [4.69, 9.17) is 5.10 Å². The van der Waals surface area contributed by atoms with Crippen molar-refractivity contribution in [2.24, 2.45) is 0 Å². The Labute approximate surface area is 162 Å². The lowest BCUT2D eigenvalue weighted by Gasteiger charge is -2.27. The number of anilines is 1. The second-order valence-corrected chi connectivity index (χ2v) is 7.95. The van der Waals surface area contributed by atoms with Crippen molar-refractivity contribution in [3.05, 3.63) is 95.7 Å². The van der Waals surface area contributed by atoms with E-state index in [9.17, 15) is 0 Å². The predicted octanol–water partition coefficient (Wildman–Crippen LogP) is 5.77. The molecule has 3 nitrogen and oxygen atoms in total. The van der Waals surface area contributed by atoms with E-state index in [1.54, 1.807) is 0 Å². The molecule has 0 atom stereocenters. The maximum Gasteiger partial charge on any atom is 0.129 e. The van der Waals surface area contributed by atoms with Crippen molar-refractivity contribution < 1.29 is 0 Å². The molecule has 0 saturated heterocycles. The van der Waals surface area contributed by atoms with Crippen LogP contribution in [0.2, 0.25) is 0 Å². The summed E-state index contributed by atoms with van der Waals surface area (Å²) in [6, 6.07) is 21.1. The van der Waals surface area contributed by atoms with E-state index in [2.05, 4.69) is 105 Å². The maximum absolute atomic E-state index is 4.97. The predicted molar refractivity (Wildman–Crippen MR) is 114 cm³/mol. The number of benzene rings is 2. The molecule has 140 valence electrons. The third-order valence-electron chi connectivity index (χ3n) is 4.53. The smallest absolute Gasteiger partial charge is 0.129 e. The third kappa shape index (κ3) is 4.30. The highest BCUT2D eigenvalue weighted by molar-refractivity contribution is 5.52. The molecule has 0 aliphatic heterocycles. The van der Waals surface area contributed by atoms with E-state index >= 15 is 0 Å². The van der Waals surface area contributed by atoms with Crippen LogP contribution in [0.1, 0.15) is 49.2 Å². The summed E-state index contributed by atoms with van der Waals surface area (Å²) in [6.45, 7) is 12.6. The van der Waals surface area contributed by atoms with Crippen LogP contribution in [-0.4, -0.2) is 15.3 Å². The molecule has 0 spiro atoms. The standard InChI is InChI=1S/C24H29N3/c1-6-13-21-18(2)26-27(23(21)25-24(3,4)5)22(19-14-9-7-10-15-19)20-16-11-8-12-17-20/h6-12,14-17,22,25H,1,13H2,2-5H3. The van der Waals surface area contributed by atoms with Gasteiger partial charge in [0.15, 0.2) is 0 Å². The summed E-state index contributed by atoms with van der Waals surface area (Å²) < 4.78 is 2.14. The molecule has 3 heteroatoms. The van der Waals surface area contributed by atoms with Crippen LogP contribution in [0, 0.1) is 6.92 Å². The average molecular weight is 360 g/mol. The van der Waals surface area contributed by atoms with Gasteiger partial charge < -0.3 is 5.32 Å². The van der Waals surface area contributed by atoms with Gasteiger partial charge in [0.05, 0.1) is 5.69 Å². The second-order valence-electron chi connectivity index (χ2n) is 7.95. The van der Waals surface area contributed by atoms with Crippen LogP contribution in [0.5, 0.6) is 0 Å². The van der Waals surface area contributed by atoms with Gasteiger partial charge in [-0.1, -0.05) is 66.7 Å². The first-order valence-electron chi connectivity index (χ1n) is 9.47. The van der Waals surface area contributed by atoms with Gasteiger partial charge in [-0.25, -0.2) is 4.68 Å². The van der Waals surface area contributed by atoms with Gasteiger partial charge in [-0.3, -0.25) is 0 Å². The summed E-state index contributed by atoms with van der Waals surface area (Å²) >= 11 is 0. The lowest BCUT2D eigenvalue weighted by molar-refractivity contribution is 0.567. The molecule has 2 aromatic carbocycles. The zero-order chi connectivity index (χ0) is 19.4. The third-order valence-corrected chi connectivity index (χ3v) is 4.53. The van der Waals surface area contributed by atoms with Crippen LogP contribution in [0.25, 0.3) is 0 Å². The molecule has 0 radical (unpaired) electrons. The van der Waals surface area contributed by atoms with E-state index in [0.717, 1.165) is 17.9 Å². The number of allylic oxidation sites excluding steroid dienone is 1. The molecule has 0 aliphatic carbocycles. The molecule has 3 rings (SSSR count).